The van der Waals surface area contributed by atoms with Crippen LogP contribution in [0.3, 0.4) is 0 Å². The van der Waals surface area contributed by atoms with Crippen LogP contribution < -0.4 is 10.2 Å². The zero-order valence-corrected chi connectivity index (χ0v) is 20.5. The third-order valence-electron chi connectivity index (χ3n) is 6.48. The summed E-state index contributed by atoms with van der Waals surface area (Å²) in [5.74, 6) is 0.594. The van der Waals surface area contributed by atoms with Crippen molar-refractivity contribution in [2.24, 2.45) is 0 Å². The number of anilines is 2. The van der Waals surface area contributed by atoms with Crippen LogP contribution in [0, 0.1) is 6.92 Å². The number of nitrogens with zero attached hydrogens (tertiary/aromatic N) is 5. The van der Waals surface area contributed by atoms with Crippen LogP contribution in [0.4, 0.5) is 11.5 Å². The minimum Gasteiger partial charge on any atom is -0.378 e. The fourth-order valence-electron chi connectivity index (χ4n) is 4.44. The number of benzene rings is 2. The van der Waals surface area contributed by atoms with Crippen molar-refractivity contribution in [3.05, 3.63) is 96.7 Å². The van der Waals surface area contributed by atoms with Gasteiger partial charge in [0.05, 0.1) is 18.9 Å². The second-order valence-corrected chi connectivity index (χ2v) is 9.03. The molecule has 1 aliphatic heterocycles. The molecule has 0 radical (unpaired) electrons. The Morgan fingerprint density at radius 1 is 0.892 bits per heavy atom. The molecule has 3 aromatic heterocycles. The molecule has 37 heavy (non-hydrogen) atoms. The number of amides is 1. The first-order chi connectivity index (χ1) is 18.1. The van der Waals surface area contributed by atoms with Crippen LogP contribution in [0.2, 0.25) is 0 Å². The average molecular weight is 491 g/mol. The third kappa shape index (κ3) is 4.79. The summed E-state index contributed by atoms with van der Waals surface area (Å²) in [4.78, 5) is 28.9. The molecule has 0 saturated carbocycles. The van der Waals surface area contributed by atoms with Crippen LogP contribution in [0.25, 0.3) is 28.0 Å². The summed E-state index contributed by atoms with van der Waals surface area (Å²) in [7, 11) is 0. The van der Waals surface area contributed by atoms with Crippen LogP contribution >= 0.6 is 0 Å². The molecule has 2 aromatic carbocycles. The van der Waals surface area contributed by atoms with Gasteiger partial charge >= 0.3 is 0 Å². The highest BCUT2D eigenvalue weighted by molar-refractivity contribution is 6.03. The summed E-state index contributed by atoms with van der Waals surface area (Å²) in [6.45, 7) is 4.97. The Morgan fingerprint density at radius 2 is 1.65 bits per heavy atom. The van der Waals surface area contributed by atoms with Gasteiger partial charge in [-0.2, -0.15) is 0 Å². The van der Waals surface area contributed by atoms with Gasteiger partial charge in [0.2, 0.25) is 0 Å². The highest BCUT2D eigenvalue weighted by atomic mass is 16.5. The zero-order valence-electron chi connectivity index (χ0n) is 20.5. The van der Waals surface area contributed by atoms with Gasteiger partial charge in [-0.15, -0.1) is 0 Å². The van der Waals surface area contributed by atoms with Crippen LogP contribution in [0.15, 0.2) is 85.5 Å². The molecule has 1 amide bonds. The molecule has 1 N–H and O–H groups in total. The monoisotopic (exact) mass is 490 g/mol. The number of carbonyl (C=O) groups is 1. The Labute approximate surface area is 214 Å². The summed E-state index contributed by atoms with van der Waals surface area (Å²) in [5, 5.41) is 2.95. The van der Waals surface area contributed by atoms with E-state index >= 15 is 0 Å². The van der Waals surface area contributed by atoms with Crippen LogP contribution in [0.5, 0.6) is 0 Å². The topological polar surface area (TPSA) is 84.7 Å². The van der Waals surface area contributed by atoms with Crippen molar-refractivity contribution in [2.75, 3.05) is 36.5 Å². The number of hydrogen-bond donors (Lipinski definition) is 1. The quantitative estimate of drug-likeness (QED) is 0.379. The fraction of sp³-hybridized carbons (Fsp3) is 0.172. The first-order valence-corrected chi connectivity index (χ1v) is 12.3. The van der Waals surface area contributed by atoms with Crippen molar-refractivity contribution in [2.45, 2.75) is 6.92 Å². The molecular weight excluding hydrogens is 464 g/mol. The predicted octanol–water partition coefficient (Wildman–Crippen LogP) is 4.86. The number of carbonyl (C=O) groups excluding carboxylic acids is 1. The van der Waals surface area contributed by atoms with E-state index < -0.39 is 0 Å². The SMILES string of the molecule is Cc1ccc(-c2ccnc(C(=O)Nc3ccc(-c4cn5ccnc5c(N5CCOCC5)n4)cc3)c2)cc1. The van der Waals surface area contributed by atoms with E-state index in [-0.39, 0.29) is 5.91 Å². The highest BCUT2D eigenvalue weighted by Crippen LogP contribution is 2.26. The van der Waals surface area contributed by atoms with Gasteiger partial charge in [-0.3, -0.25) is 9.78 Å². The van der Waals surface area contributed by atoms with E-state index in [1.54, 1.807) is 12.4 Å². The van der Waals surface area contributed by atoms with Gasteiger partial charge in [-0.1, -0.05) is 42.0 Å². The second kappa shape index (κ2) is 9.83. The molecule has 6 rings (SSSR count). The zero-order chi connectivity index (χ0) is 25.2. The Hall–Kier alpha value is -4.56. The van der Waals surface area contributed by atoms with Gasteiger partial charge in [0.15, 0.2) is 11.5 Å². The second-order valence-electron chi connectivity index (χ2n) is 9.03. The number of morpholine rings is 1. The number of ether oxygens (including phenoxy) is 1. The predicted molar refractivity (Wildman–Crippen MR) is 144 cm³/mol. The molecule has 1 saturated heterocycles. The number of imidazole rings is 1. The van der Waals surface area contributed by atoms with Crippen molar-refractivity contribution < 1.29 is 9.53 Å². The lowest BCUT2D eigenvalue weighted by Gasteiger charge is -2.28. The molecule has 184 valence electrons. The lowest BCUT2D eigenvalue weighted by atomic mass is 10.0. The third-order valence-corrected chi connectivity index (χ3v) is 6.48. The molecule has 1 fully saturated rings. The summed E-state index contributed by atoms with van der Waals surface area (Å²) in [6, 6.07) is 19.6. The van der Waals surface area contributed by atoms with E-state index in [0.717, 1.165) is 46.9 Å². The van der Waals surface area contributed by atoms with E-state index in [2.05, 4.69) is 39.2 Å². The lowest BCUT2D eigenvalue weighted by molar-refractivity contribution is 0.102. The minimum atomic E-state index is -0.255. The van der Waals surface area contributed by atoms with Gasteiger partial charge in [0.1, 0.15) is 5.69 Å². The fourth-order valence-corrected chi connectivity index (χ4v) is 4.44. The Morgan fingerprint density at radius 3 is 2.43 bits per heavy atom. The summed E-state index contributed by atoms with van der Waals surface area (Å²) in [6.07, 6.45) is 7.35. The van der Waals surface area contributed by atoms with Gasteiger partial charge < -0.3 is 19.4 Å². The van der Waals surface area contributed by atoms with Crippen LogP contribution in [-0.2, 0) is 4.74 Å². The Balaban J connectivity index is 1.22. The van der Waals surface area contributed by atoms with Crippen molar-refractivity contribution in [3.8, 4) is 22.4 Å². The van der Waals surface area contributed by atoms with Gasteiger partial charge in [-0.25, -0.2) is 9.97 Å². The molecule has 0 aliphatic carbocycles. The van der Waals surface area contributed by atoms with Gasteiger partial charge in [-0.05, 0) is 42.3 Å². The van der Waals surface area contributed by atoms with Crippen LogP contribution in [0.1, 0.15) is 16.1 Å². The first kappa shape index (κ1) is 22.9. The molecule has 5 aromatic rings. The number of hydrogen-bond acceptors (Lipinski definition) is 6. The molecule has 4 heterocycles. The molecule has 0 spiro atoms. The molecule has 0 bridgehead atoms. The maximum Gasteiger partial charge on any atom is 0.274 e. The van der Waals surface area contributed by atoms with E-state index in [4.69, 9.17) is 9.72 Å². The first-order valence-electron chi connectivity index (χ1n) is 12.3. The maximum atomic E-state index is 12.9. The number of aryl methyl sites for hydroxylation is 1. The lowest BCUT2D eigenvalue weighted by Crippen LogP contribution is -2.37. The summed E-state index contributed by atoms with van der Waals surface area (Å²) in [5.41, 5.74) is 6.85. The number of rotatable bonds is 5. The molecule has 8 nitrogen and oxygen atoms in total. The Kier molecular flexibility index (Phi) is 6.08. The van der Waals surface area contributed by atoms with Gasteiger partial charge in [0, 0.05) is 49.1 Å². The van der Waals surface area contributed by atoms with E-state index in [9.17, 15) is 4.79 Å². The number of nitrogens with one attached hydrogen (secondary N) is 1. The number of aromatic nitrogens is 4. The minimum absolute atomic E-state index is 0.255. The molecule has 8 heteroatoms. The molecule has 0 unspecified atom stereocenters. The van der Waals surface area contributed by atoms with Crippen molar-refractivity contribution >= 4 is 23.1 Å². The van der Waals surface area contributed by atoms with Crippen molar-refractivity contribution in [1.29, 1.82) is 0 Å². The van der Waals surface area contributed by atoms with Crippen molar-refractivity contribution in [3.63, 3.8) is 0 Å². The van der Waals surface area contributed by atoms with E-state index in [1.807, 2.05) is 65.3 Å². The highest BCUT2D eigenvalue weighted by Gasteiger charge is 2.18. The average Bonchev–Trinajstić information content (AvgIpc) is 3.43. The van der Waals surface area contributed by atoms with E-state index in [1.165, 1.54) is 5.56 Å². The molecule has 0 atom stereocenters. The molecular formula is C29H26N6O2. The standard InChI is InChI=1S/C29H26N6O2/c1-20-2-4-21(5-3-20)23-10-11-30-25(18-23)29(36)32-24-8-6-22(7-9-24)26-19-35-13-12-31-27(35)28(33-26)34-14-16-37-17-15-34/h2-13,18-19H,14-17H2,1H3,(H,32,36). The van der Waals surface area contributed by atoms with Crippen molar-refractivity contribution in [1.82, 2.24) is 19.4 Å². The van der Waals surface area contributed by atoms with Crippen LogP contribution in [-0.4, -0.2) is 51.6 Å². The molecule has 1 aliphatic rings. The normalized spacial score (nSPS) is 13.6. The maximum absolute atomic E-state index is 12.9. The van der Waals surface area contributed by atoms with E-state index in [0.29, 0.717) is 24.6 Å². The van der Waals surface area contributed by atoms with Gasteiger partial charge in [0.25, 0.3) is 5.91 Å². The number of fused-ring (bicyclic) bond motifs is 1. The summed E-state index contributed by atoms with van der Waals surface area (Å²) >= 11 is 0. The Bertz CT molecular complexity index is 1550. The number of pyridine rings is 1. The smallest absolute Gasteiger partial charge is 0.274 e. The summed E-state index contributed by atoms with van der Waals surface area (Å²) < 4.78 is 7.50. The largest absolute Gasteiger partial charge is 0.378 e.